The molecule has 39 heavy (non-hydrogen) atoms. The monoisotopic (exact) mass is 516 g/mol. The van der Waals surface area contributed by atoms with Crippen molar-refractivity contribution in [2.24, 2.45) is 7.05 Å². The molecule has 7 rings (SSSR count). The summed E-state index contributed by atoms with van der Waals surface area (Å²) in [6.07, 6.45) is 9.01. The Hall–Kier alpha value is -4.79. The molecule has 194 valence electrons. The van der Waals surface area contributed by atoms with Crippen LogP contribution >= 0.6 is 0 Å². The molecular weight excluding hydrogens is 488 g/mol. The minimum absolute atomic E-state index is 0.478. The Bertz CT molecular complexity index is 1770. The van der Waals surface area contributed by atoms with E-state index >= 15 is 0 Å². The van der Waals surface area contributed by atoms with E-state index in [9.17, 15) is 0 Å². The van der Waals surface area contributed by atoms with Crippen LogP contribution in [0.1, 0.15) is 24.8 Å². The third-order valence-electron chi connectivity index (χ3n) is 7.22. The minimum atomic E-state index is 0.478. The van der Waals surface area contributed by atoms with Crippen LogP contribution in [-0.4, -0.2) is 47.8 Å². The van der Waals surface area contributed by atoms with E-state index < -0.39 is 0 Å². The Morgan fingerprint density at radius 2 is 1.79 bits per heavy atom. The molecule has 9 heteroatoms. The number of rotatable bonds is 6. The van der Waals surface area contributed by atoms with Crippen LogP contribution in [0.4, 0.5) is 5.82 Å². The van der Waals surface area contributed by atoms with Gasteiger partial charge >= 0.3 is 0 Å². The fourth-order valence-corrected chi connectivity index (χ4v) is 5.21. The number of fused-ring (bicyclic) bond motifs is 2. The highest BCUT2D eigenvalue weighted by Crippen LogP contribution is 2.32. The predicted octanol–water partition coefficient (Wildman–Crippen LogP) is 5.54. The standard InChI is InChI=1S/C30H28N8O/c1-37-25-11-10-23(21-16-22(18-31-17-21)39-19-20-8-4-2-5-9-20)33-27(25)28(36-37)29-34-24-12-13-32-30(26(24)35-29)38-14-6-3-7-15-38/h2,4-5,8-13,16-18H,3,6-7,14-15,19H2,1H3,(H,34,35). The third kappa shape index (κ3) is 4.46. The summed E-state index contributed by atoms with van der Waals surface area (Å²) in [7, 11) is 1.93. The Morgan fingerprint density at radius 3 is 2.67 bits per heavy atom. The number of nitrogens with zero attached hydrogens (tertiary/aromatic N) is 7. The van der Waals surface area contributed by atoms with Gasteiger partial charge in [0, 0.05) is 38.1 Å². The molecule has 0 spiro atoms. The van der Waals surface area contributed by atoms with Gasteiger partial charge in [0.05, 0.1) is 22.9 Å². The van der Waals surface area contributed by atoms with Gasteiger partial charge in [-0.3, -0.25) is 9.67 Å². The maximum atomic E-state index is 6.00. The zero-order chi connectivity index (χ0) is 26.2. The number of ether oxygens (including phenoxy) is 1. The van der Waals surface area contributed by atoms with Gasteiger partial charge in [0.15, 0.2) is 17.3 Å². The van der Waals surface area contributed by atoms with Crippen molar-refractivity contribution in [2.75, 3.05) is 18.0 Å². The Balaban J connectivity index is 1.24. The molecule has 0 saturated carbocycles. The van der Waals surface area contributed by atoms with E-state index in [1.165, 1.54) is 19.3 Å². The van der Waals surface area contributed by atoms with Crippen LogP contribution in [0, 0.1) is 0 Å². The van der Waals surface area contributed by atoms with Gasteiger partial charge in [-0.05, 0) is 49.1 Å². The number of aromatic nitrogens is 7. The third-order valence-corrected chi connectivity index (χ3v) is 7.22. The van der Waals surface area contributed by atoms with Crippen LogP contribution in [0.2, 0.25) is 0 Å². The van der Waals surface area contributed by atoms with Crippen LogP contribution in [0.3, 0.4) is 0 Å². The van der Waals surface area contributed by atoms with E-state index in [1.807, 2.05) is 72.5 Å². The smallest absolute Gasteiger partial charge is 0.161 e. The quantitative estimate of drug-likeness (QED) is 0.310. The number of hydrogen-bond donors (Lipinski definition) is 1. The van der Waals surface area contributed by atoms with E-state index in [4.69, 9.17) is 19.8 Å². The number of benzene rings is 1. The lowest BCUT2D eigenvalue weighted by Gasteiger charge is -2.27. The number of imidazole rings is 1. The molecule has 1 aliphatic rings. The SMILES string of the molecule is Cn1nc(-c2nc3c(N4CCCCC4)nccc3[nH]2)c2nc(-c3cncc(OCc4ccccc4)c3)ccc21. The number of anilines is 1. The van der Waals surface area contributed by atoms with Gasteiger partial charge < -0.3 is 14.6 Å². The molecule has 0 unspecified atom stereocenters. The average molecular weight is 517 g/mol. The summed E-state index contributed by atoms with van der Waals surface area (Å²) >= 11 is 0. The summed E-state index contributed by atoms with van der Waals surface area (Å²) in [6.45, 7) is 2.49. The lowest BCUT2D eigenvalue weighted by atomic mass is 10.1. The van der Waals surface area contributed by atoms with Crippen LogP contribution < -0.4 is 9.64 Å². The van der Waals surface area contributed by atoms with Crippen molar-refractivity contribution in [1.82, 2.24) is 34.7 Å². The van der Waals surface area contributed by atoms with Crippen molar-refractivity contribution in [3.05, 3.63) is 78.8 Å². The maximum absolute atomic E-state index is 6.00. The second-order valence-electron chi connectivity index (χ2n) is 9.88. The molecule has 0 aliphatic carbocycles. The average Bonchev–Trinajstić information content (AvgIpc) is 3.58. The highest BCUT2D eigenvalue weighted by molar-refractivity contribution is 5.94. The summed E-state index contributed by atoms with van der Waals surface area (Å²) in [4.78, 5) is 24.9. The number of aromatic amines is 1. The second kappa shape index (κ2) is 9.83. The van der Waals surface area contributed by atoms with Crippen molar-refractivity contribution in [3.8, 4) is 28.5 Å². The first-order valence-electron chi connectivity index (χ1n) is 13.3. The van der Waals surface area contributed by atoms with E-state index in [0.29, 0.717) is 23.9 Å². The predicted molar refractivity (Wildman–Crippen MR) is 151 cm³/mol. The Morgan fingerprint density at radius 1 is 0.923 bits per heavy atom. The fourth-order valence-electron chi connectivity index (χ4n) is 5.21. The van der Waals surface area contributed by atoms with Crippen molar-refractivity contribution in [3.63, 3.8) is 0 Å². The molecule has 0 atom stereocenters. The summed E-state index contributed by atoms with van der Waals surface area (Å²) in [6, 6.07) is 18.1. The van der Waals surface area contributed by atoms with Gasteiger partial charge in [-0.2, -0.15) is 5.10 Å². The molecule has 0 radical (unpaired) electrons. The molecule has 6 aromatic rings. The summed E-state index contributed by atoms with van der Waals surface area (Å²) in [5.41, 5.74) is 7.00. The van der Waals surface area contributed by atoms with Crippen molar-refractivity contribution >= 4 is 27.9 Å². The number of pyridine rings is 3. The topological polar surface area (TPSA) is 97.6 Å². The van der Waals surface area contributed by atoms with Crippen LogP contribution in [0.5, 0.6) is 5.75 Å². The van der Waals surface area contributed by atoms with Gasteiger partial charge in [0.2, 0.25) is 0 Å². The zero-order valence-corrected chi connectivity index (χ0v) is 21.7. The fraction of sp³-hybridized carbons (Fsp3) is 0.233. The molecular formula is C30H28N8O. The number of aryl methyl sites for hydroxylation is 1. The number of hydrogen-bond acceptors (Lipinski definition) is 7. The van der Waals surface area contributed by atoms with Gasteiger partial charge in [-0.15, -0.1) is 0 Å². The number of piperidine rings is 1. The molecule has 1 saturated heterocycles. The number of H-pyrrole nitrogens is 1. The molecule has 5 aromatic heterocycles. The van der Waals surface area contributed by atoms with Gasteiger partial charge in [-0.25, -0.2) is 15.0 Å². The second-order valence-corrected chi connectivity index (χ2v) is 9.88. The summed E-state index contributed by atoms with van der Waals surface area (Å²) in [5, 5.41) is 4.80. The van der Waals surface area contributed by atoms with E-state index in [1.54, 1.807) is 12.4 Å². The first kappa shape index (κ1) is 23.3. The lowest BCUT2D eigenvalue weighted by molar-refractivity contribution is 0.305. The van der Waals surface area contributed by atoms with E-state index in [0.717, 1.165) is 57.8 Å². The summed E-state index contributed by atoms with van der Waals surface area (Å²) < 4.78 is 7.85. The largest absolute Gasteiger partial charge is 0.487 e. The normalized spacial score (nSPS) is 13.8. The van der Waals surface area contributed by atoms with Crippen molar-refractivity contribution in [1.29, 1.82) is 0 Å². The van der Waals surface area contributed by atoms with E-state index in [2.05, 4.69) is 19.9 Å². The van der Waals surface area contributed by atoms with Crippen LogP contribution in [0.25, 0.3) is 44.8 Å². The molecule has 1 fully saturated rings. The summed E-state index contributed by atoms with van der Waals surface area (Å²) in [5.74, 6) is 2.31. The lowest BCUT2D eigenvalue weighted by Crippen LogP contribution is -2.30. The van der Waals surface area contributed by atoms with Gasteiger partial charge in [0.25, 0.3) is 0 Å². The maximum Gasteiger partial charge on any atom is 0.161 e. The molecule has 1 N–H and O–H groups in total. The van der Waals surface area contributed by atoms with Gasteiger partial charge in [-0.1, -0.05) is 30.3 Å². The Labute approximate surface area is 225 Å². The molecule has 9 nitrogen and oxygen atoms in total. The highest BCUT2D eigenvalue weighted by atomic mass is 16.5. The number of nitrogens with one attached hydrogen (secondary N) is 1. The van der Waals surface area contributed by atoms with Gasteiger partial charge in [0.1, 0.15) is 23.4 Å². The van der Waals surface area contributed by atoms with E-state index in [-0.39, 0.29) is 0 Å². The Kier molecular flexibility index (Phi) is 5.88. The molecule has 0 bridgehead atoms. The van der Waals surface area contributed by atoms with Crippen LogP contribution in [0.15, 0.2) is 73.2 Å². The molecule has 6 heterocycles. The first-order valence-corrected chi connectivity index (χ1v) is 13.3. The minimum Gasteiger partial charge on any atom is -0.487 e. The zero-order valence-electron chi connectivity index (χ0n) is 21.7. The van der Waals surface area contributed by atoms with Crippen LogP contribution in [-0.2, 0) is 13.7 Å². The van der Waals surface area contributed by atoms with Crippen molar-refractivity contribution < 1.29 is 4.74 Å². The molecule has 0 amide bonds. The first-order chi connectivity index (χ1) is 19.2. The van der Waals surface area contributed by atoms with Crippen molar-refractivity contribution in [2.45, 2.75) is 25.9 Å². The molecule has 1 aliphatic heterocycles. The molecule has 1 aromatic carbocycles. The highest BCUT2D eigenvalue weighted by Gasteiger charge is 2.21.